The largest absolute Gasteiger partial charge is 0.377 e. The summed E-state index contributed by atoms with van der Waals surface area (Å²) >= 11 is 0. The first-order chi connectivity index (χ1) is 9.56. The van der Waals surface area contributed by atoms with Crippen molar-refractivity contribution in [1.29, 1.82) is 0 Å². The molecular formula is C17H26N2O. The van der Waals surface area contributed by atoms with Gasteiger partial charge in [0, 0.05) is 30.8 Å². The summed E-state index contributed by atoms with van der Waals surface area (Å²) in [4.78, 5) is 0. The predicted molar refractivity (Wildman–Crippen MR) is 85.0 cm³/mol. The Morgan fingerprint density at radius 2 is 1.95 bits per heavy atom. The van der Waals surface area contributed by atoms with Crippen LogP contribution in [0.1, 0.15) is 33.3 Å². The molecule has 0 amide bonds. The Balaban J connectivity index is 2.09. The topological polar surface area (TPSA) is 26.2 Å². The summed E-state index contributed by atoms with van der Waals surface area (Å²) in [5, 5.41) is 4.76. The molecule has 1 aromatic carbocycles. The molecular weight excluding hydrogens is 248 g/mol. The summed E-state index contributed by atoms with van der Waals surface area (Å²) in [6.07, 6.45) is 2.44. The van der Waals surface area contributed by atoms with E-state index in [-0.39, 0.29) is 0 Å². The van der Waals surface area contributed by atoms with Gasteiger partial charge in [-0.2, -0.15) is 0 Å². The van der Waals surface area contributed by atoms with E-state index in [1.807, 2.05) is 0 Å². The van der Waals surface area contributed by atoms with Gasteiger partial charge in [0.2, 0.25) is 0 Å². The molecule has 3 nitrogen and oxygen atoms in total. The zero-order chi connectivity index (χ0) is 14.5. The highest BCUT2D eigenvalue weighted by atomic mass is 16.5. The minimum atomic E-state index is 0.294. The van der Waals surface area contributed by atoms with E-state index >= 15 is 0 Å². The first kappa shape index (κ1) is 15.1. The summed E-state index contributed by atoms with van der Waals surface area (Å²) in [6.45, 7) is 11.1. The lowest BCUT2D eigenvalue weighted by atomic mass is 10.1. The molecule has 110 valence electrons. The maximum atomic E-state index is 5.64. The normalized spacial score (nSPS) is 11.9. The second-order valence-electron chi connectivity index (χ2n) is 5.86. The highest BCUT2D eigenvalue weighted by Gasteiger charge is 2.03. The molecule has 0 aliphatic heterocycles. The van der Waals surface area contributed by atoms with Gasteiger partial charge in [0.05, 0.1) is 12.7 Å². The minimum Gasteiger partial charge on any atom is -0.377 e. The molecule has 2 aromatic rings. The molecule has 1 N–H and O–H groups in total. The van der Waals surface area contributed by atoms with Crippen LogP contribution in [0.2, 0.25) is 0 Å². The summed E-state index contributed by atoms with van der Waals surface area (Å²) in [6, 6.07) is 9.36. The Bertz CT molecular complexity index is 543. The fourth-order valence-electron chi connectivity index (χ4n) is 2.24. The first-order valence-corrected chi connectivity index (χ1v) is 7.49. The van der Waals surface area contributed by atoms with Gasteiger partial charge in [0.15, 0.2) is 0 Å². The lowest BCUT2D eigenvalue weighted by molar-refractivity contribution is 0.0733. The third-order valence-electron chi connectivity index (χ3n) is 3.34. The van der Waals surface area contributed by atoms with Crippen molar-refractivity contribution < 1.29 is 4.74 Å². The Morgan fingerprint density at radius 3 is 2.65 bits per heavy atom. The molecule has 0 radical (unpaired) electrons. The zero-order valence-electron chi connectivity index (χ0n) is 13.0. The van der Waals surface area contributed by atoms with E-state index in [1.165, 1.54) is 16.5 Å². The SMILES string of the molecule is CC(C)NCc1ccc2ccn(CCOC(C)C)c2c1. The zero-order valence-corrected chi connectivity index (χ0v) is 13.0. The maximum Gasteiger partial charge on any atom is 0.0649 e. The van der Waals surface area contributed by atoms with Crippen LogP contribution in [0.25, 0.3) is 10.9 Å². The van der Waals surface area contributed by atoms with Crippen molar-refractivity contribution in [2.45, 2.75) is 52.9 Å². The molecule has 0 atom stereocenters. The molecule has 0 aliphatic rings. The molecule has 3 heteroatoms. The fraction of sp³-hybridized carbons (Fsp3) is 0.529. The van der Waals surface area contributed by atoms with Gasteiger partial charge in [0.1, 0.15) is 0 Å². The van der Waals surface area contributed by atoms with Crippen molar-refractivity contribution in [1.82, 2.24) is 9.88 Å². The number of rotatable bonds is 7. The van der Waals surface area contributed by atoms with E-state index in [0.717, 1.165) is 19.7 Å². The van der Waals surface area contributed by atoms with Crippen LogP contribution in [0, 0.1) is 0 Å². The molecule has 0 saturated heterocycles. The third-order valence-corrected chi connectivity index (χ3v) is 3.34. The average Bonchev–Trinajstić information content (AvgIpc) is 2.79. The molecule has 20 heavy (non-hydrogen) atoms. The molecule has 2 rings (SSSR count). The third kappa shape index (κ3) is 4.09. The lowest BCUT2D eigenvalue weighted by Gasteiger charge is -2.11. The van der Waals surface area contributed by atoms with Crippen LogP contribution in [-0.2, 0) is 17.8 Å². The van der Waals surface area contributed by atoms with Gasteiger partial charge in [-0.1, -0.05) is 26.0 Å². The van der Waals surface area contributed by atoms with Gasteiger partial charge in [-0.05, 0) is 36.9 Å². The van der Waals surface area contributed by atoms with E-state index in [1.54, 1.807) is 0 Å². The molecule has 0 bridgehead atoms. The Labute approximate surface area is 121 Å². The number of benzene rings is 1. The number of nitrogens with zero attached hydrogens (tertiary/aromatic N) is 1. The Hall–Kier alpha value is -1.32. The Morgan fingerprint density at radius 1 is 1.15 bits per heavy atom. The second-order valence-corrected chi connectivity index (χ2v) is 5.86. The predicted octanol–water partition coefficient (Wildman–Crippen LogP) is 3.56. The summed E-state index contributed by atoms with van der Waals surface area (Å²) in [5.41, 5.74) is 2.62. The van der Waals surface area contributed by atoms with Gasteiger partial charge < -0.3 is 14.6 Å². The van der Waals surface area contributed by atoms with Crippen molar-refractivity contribution >= 4 is 10.9 Å². The molecule has 0 saturated carbocycles. The van der Waals surface area contributed by atoms with Crippen LogP contribution >= 0.6 is 0 Å². The van der Waals surface area contributed by atoms with Crippen molar-refractivity contribution in [3.05, 3.63) is 36.0 Å². The molecule has 0 aliphatic carbocycles. The van der Waals surface area contributed by atoms with Gasteiger partial charge in [0.25, 0.3) is 0 Å². The summed E-state index contributed by atoms with van der Waals surface area (Å²) in [7, 11) is 0. The monoisotopic (exact) mass is 274 g/mol. The quantitative estimate of drug-likeness (QED) is 0.835. The van der Waals surface area contributed by atoms with E-state index in [4.69, 9.17) is 4.74 Å². The van der Waals surface area contributed by atoms with Crippen LogP contribution in [0.5, 0.6) is 0 Å². The number of nitrogens with one attached hydrogen (secondary N) is 1. The highest BCUT2D eigenvalue weighted by Crippen LogP contribution is 2.18. The molecule has 1 heterocycles. The van der Waals surface area contributed by atoms with Gasteiger partial charge >= 0.3 is 0 Å². The number of fused-ring (bicyclic) bond motifs is 1. The van der Waals surface area contributed by atoms with Crippen molar-refractivity contribution in [3.8, 4) is 0 Å². The van der Waals surface area contributed by atoms with Crippen LogP contribution < -0.4 is 5.32 Å². The molecule has 1 aromatic heterocycles. The van der Waals surface area contributed by atoms with Crippen molar-refractivity contribution in [3.63, 3.8) is 0 Å². The van der Waals surface area contributed by atoms with Crippen LogP contribution in [0.4, 0.5) is 0 Å². The van der Waals surface area contributed by atoms with E-state index in [2.05, 4.69) is 68.0 Å². The first-order valence-electron chi connectivity index (χ1n) is 7.49. The maximum absolute atomic E-state index is 5.64. The van der Waals surface area contributed by atoms with Crippen LogP contribution in [0.3, 0.4) is 0 Å². The summed E-state index contributed by atoms with van der Waals surface area (Å²) < 4.78 is 7.91. The Kier molecular flexibility index (Phi) is 5.21. The number of hydrogen-bond donors (Lipinski definition) is 1. The standard InChI is InChI=1S/C17H26N2O/c1-13(2)18-12-15-5-6-16-7-8-19(17(16)11-15)9-10-20-14(3)4/h5-8,11,13-14,18H,9-10,12H2,1-4H3. The van der Waals surface area contributed by atoms with E-state index in [9.17, 15) is 0 Å². The van der Waals surface area contributed by atoms with E-state index < -0.39 is 0 Å². The summed E-state index contributed by atoms with van der Waals surface area (Å²) in [5.74, 6) is 0. The van der Waals surface area contributed by atoms with E-state index in [0.29, 0.717) is 12.1 Å². The smallest absolute Gasteiger partial charge is 0.0649 e. The van der Waals surface area contributed by atoms with Crippen LogP contribution in [-0.4, -0.2) is 23.3 Å². The van der Waals surface area contributed by atoms with Crippen molar-refractivity contribution in [2.75, 3.05) is 6.61 Å². The number of hydrogen-bond acceptors (Lipinski definition) is 2. The lowest BCUT2D eigenvalue weighted by Crippen LogP contribution is -2.21. The molecule has 0 spiro atoms. The minimum absolute atomic E-state index is 0.294. The van der Waals surface area contributed by atoms with Gasteiger partial charge in [-0.3, -0.25) is 0 Å². The molecule has 0 fully saturated rings. The van der Waals surface area contributed by atoms with Gasteiger partial charge in [-0.15, -0.1) is 0 Å². The number of ether oxygens (including phenoxy) is 1. The number of aromatic nitrogens is 1. The van der Waals surface area contributed by atoms with Gasteiger partial charge in [-0.25, -0.2) is 0 Å². The molecule has 0 unspecified atom stereocenters. The second kappa shape index (κ2) is 6.91. The average molecular weight is 274 g/mol. The fourth-order valence-corrected chi connectivity index (χ4v) is 2.24. The van der Waals surface area contributed by atoms with Crippen LogP contribution in [0.15, 0.2) is 30.5 Å². The highest BCUT2D eigenvalue weighted by molar-refractivity contribution is 5.80. The van der Waals surface area contributed by atoms with Crippen molar-refractivity contribution in [2.24, 2.45) is 0 Å².